The van der Waals surface area contributed by atoms with E-state index in [1.807, 2.05) is 39.0 Å². The number of rotatable bonds is 4. The van der Waals surface area contributed by atoms with Crippen LogP contribution in [0.25, 0.3) is 0 Å². The molecule has 0 aliphatic rings. The number of benzene rings is 2. The first-order chi connectivity index (χ1) is 9.86. The molecule has 2 N–H and O–H groups in total. The maximum absolute atomic E-state index is 6.06. The molecular weight excluding hydrogens is 262 g/mol. The van der Waals surface area contributed by atoms with Crippen molar-refractivity contribution in [3.05, 3.63) is 47.0 Å². The van der Waals surface area contributed by atoms with Gasteiger partial charge in [-0.2, -0.15) is 0 Å². The van der Waals surface area contributed by atoms with Gasteiger partial charge in [0.05, 0.1) is 6.10 Å². The van der Waals surface area contributed by atoms with Gasteiger partial charge in [-0.15, -0.1) is 0 Å². The van der Waals surface area contributed by atoms with E-state index in [9.17, 15) is 0 Å². The van der Waals surface area contributed by atoms with Gasteiger partial charge in [0.2, 0.25) is 0 Å². The molecule has 0 aromatic heterocycles. The standard InChI is InChI=1S/C18H23NO2/c1-11(2)20-16-8-15(19)9-17(10-16)21-18-13(4)7-6-12(3)14(18)5/h6-11H,19H2,1-5H3. The Kier molecular flexibility index (Phi) is 4.41. The first-order valence-corrected chi connectivity index (χ1v) is 7.18. The molecule has 2 rings (SSSR count). The minimum atomic E-state index is 0.0992. The van der Waals surface area contributed by atoms with Crippen molar-refractivity contribution >= 4 is 5.69 Å². The first-order valence-electron chi connectivity index (χ1n) is 7.18. The van der Waals surface area contributed by atoms with Gasteiger partial charge in [0.1, 0.15) is 17.2 Å². The molecule has 3 nitrogen and oxygen atoms in total. The van der Waals surface area contributed by atoms with Crippen LogP contribution in [-0.2, 0) is 0 Å². The van der Waals surface area contributed by atoms with Crippen molar-refractivity contribution in [2.75, 3.05) is 5.73 Å². The predicted octanol–water partition coefficient (Wildman–Crippen LogP) is 4.77. The zero-order valence-electron chi connectivity index (χ0n) is 13.4. The van der Waals surface area contributed by atoms with Crippen LogP contribution in [0.15, 0.2) is 30.3 Å². The van der Waals surface area contributed by atoms with Crippen LogP contribution < -0.4 is 15.2 Å². The smallest absolute Gasteiger partial charge is 0.133 e. The number of nitrogen functional groups attached to an aromatic ring is 1. The molecule has 0 saturated carbocycles. The summed E-state index contributed by atoms with van der Waals surface area (Å²) in [6.45, 7) is 10.2. The molecule has 0 spiro atoms. The highest BCUT2D eigenvalue weighted by Crippen LogP contribution is 2.33. The molecule has 21 heavy (non-hydrogen) atoms. The largest absolute Gasteiger partial charge is 0.491 e. The molecule has 112 valence electrons. The zero-order chi connectivity index (χ0) is 15.6. The van der Waals surface area contributed by atoms with E-state index in [0.717, 1.165) is 22.6 Å². The molecule has 0 fully saturated rings. The van der Waals surface area contributed by atoms with Gasteiger partial charge >= 0.3 is 0 Å². The molecule has 0 heterocycles. The van der Waals surface area contributed by atoms with Crippen LogP contribution >= 0.6 is 0 Å². The number of nitrogens with two attached hydrogens (primary N) is 1. The van der Waals surface area contributed by atoms with Crippen molar-refractivity contribution in [1.82, 2.24) is 0 Å². The van der Waals surface area contributed by atoms with Gasteiger partial charge in [0.15, 0.2) is 0 Å². The molecular formula is C18H23NO2. The van der Waals surface area contributed by atoms with Gasteiger partial charge < -0.3 is 15.2 Å². The lowest BCUT2D eigenvalue weighted by Crippen LogP contribution is -2.06. The normalized spacial score (nSPS) is 10.8. The number of hydrogen-bond acceptors (Lipinski definition) is 3. The summed E-state index contributed by atoms with van der Waals surface area (Å²) in [6, 6.07) is 9.66. The second-order valence-electron chi connectivity index (χ2n) is 5.66. The van der Waals surface area contributed by atoms with Crippen molar-refractivity contribution in [3.8, 4) is 17.2 Å². The van der Waals surface area contributed by atoms with Gasteiger partial charge in [0, 0.05) is 23.9 Å². The van der Waals surface area contributed by atoms with E-state index in [4.69, 9.17) is 15.2 Å². The molecule has 3 heteroatoms. The fourth-order valence-electron chi connectivity index (χ4n) is 2.19. The third-order valence-corrected chi connectivity index (χ3v) is 3.37. The maximum atomic E-state index is 6.06. The fraction of sp³-hybridized carbons (Fsp3) is 0.333. The second-order valence-corrected chi connectivity index (χ2v) is 5.66. The summed E-state index contributed by atoms with van der Waals surface area (Å²) in [5.41, 5.74) is 10.0. The molecule has 0 radical (unpaired) electrons. The molecule has 2 aromatic carbocycles. The first kappa shape index (κ1) is 15.2. The second kappa shape index (κ2) is 6.08. The van der Waals surface area contributed by atoms with Crippen LogP contribution in [0.2, 0.25) is 0 Å². The van der Waals surface area contributed by atoms with E-state index in [2.05, 4.69) is 26.0 Å². The third-order valence-electron chi connectivity index (χ3n) is 3.37. The molecule has 0 unspecified atom stereocenters. The topological polar surface area (TPSA) is 44.5 Å². The molecule has 0 aliphatic carbocycles. The SMILES string of the molecule is Cc1ccc(C)c(Oc2cc(N)cc(OC(C)C)c2)c1C. The highest BCUT2D eigenvalue weighted by Gasteiger charge is 2.10. The molecule has 2 aromatic rings. The molecule has 0 atom stereocenters. The summed E-state index contributed by atoms with van der Waals surface area (Å²) in [4.78, 5) is 0. The Morgan fingerprint density at radius 1 is 0.905 bits per heavy atom. The summed E-state index contributed by atoms with van der Waals surface area (Å²) >= 11 is 0. The molecule has 0 aliphatic heterocycles. The van der Waals surface area contributed by atoms with E-state index in [1.165, 1.54) is 5.56 Å². The average molecular weight is 285 g/mol. The Morgan fingerprint density at radius 2 is 1.52 bits per heavy atom. The Bertz CT molecular complexity index is 648. The summed E-state index contributed by atoms with van der Waals surface area (Å²) in [5, 5.41) is 0. The highest BCUT2D eigenvalue weighted by atomic mass is 16.5. The van der Waals surface area contributed by atoms with Crippen molar-refractivity contribution < 1.29 is 9.47 Å². The van der Waals surface area contributed by atoms with Crippen molar-refractivity contribution in [2.24, 2.45) is 0 Å². The quantitative estimate of drug-likeness (QED) is 0.823. The Labute approximate surface area is 126 Å². The van der Waals surface area contributed by atoms with Gasteiger partial charge in [0.25, 0.3) is 0 Å². The van der Waals surface area contributed by atoms with Crippen LogP contribution in [0.3, 0.4) is 0 Å². The van der Waals surface area contributed by atoms with Crippen LogP contribution in [-0.4, -0.2) is 6.10 Å². The van der Waals surface area contributed by atoms with E-state index in [0.29, 0.717) is 11.4 Å². The summed E-state index contributed by atoms with van der Waals surface area (Å²) in [5.74, 6) is 2.31. The summed E-state index contributed by atoms with van der Waals surface area (Å²) in [6.07, 6.45) is 0.0992. The van der Waals surface area contributed by atoms with Crippen LogP contribution in [0.5, 0.6) is 17.2 Å². The van der Waals surface area contributed by atoms with Crippen molar-refractivity contribution in [2.45, 2.75) is 40.7 Å². The van der Waals surface area contributed by atoms with E-state index < -0.39 is 0 Å². The number of ether oxygens (including phenoxy) is 2. The van der Waals surface area contributed by atoms with Gasteiger partial charge in [-0.05, 0) is 51.3 Å². The number of aryl methyl sites for hydroxylation is 2. The summed E-state index contributed by atoms with van der Waals surface area (Å²) in [7, 11) is 0. The zero-order valence-corrected chi connectivity index (χ0v) is 13.4. The lowest BCUT2D eigenvalue weighted by atomic mass is 10.1. The minimum absolute atomic E-state index is 0.0992. The van der Waals surface area contributed by atoms with E-state index in [1.54, 1.807) is 0 Å². The third kappa shape index (κ3) is 3.69. The maximum Gasteiger partial charge on any atom is 0.133 e. The van der Waals surface area contributed by atoms with E-state index in [-0.39, 0.29) is 6.10 Å². The summed E-state index contributed by atoms with van der Waals surface area (Å²) < 4.78 is 11.8. The van der Waals surface area contributed by atoms with Crippen LogP contribution in [0, 0.1) is 20.8 Å². The van der Waals surface area contributed by atoms with Gasteiger partial charge in [-0.3, -0.25) is 0 Å². The lowest BCUT2D eigenvalue weighted by molar-refractivity contribution is 0.242. The predicted molar refractivity (Wildman–Crippen MR) is 87.3 cm³/mol. The Morgan fingerprint density at radius 3 is 2.19 bits per heavy atom. The number of anilines is 1. The minimum Gasteiger partial charge on any atom is -0.491 e. The van der Waals surface area contributed by atoms with Crippen molar-refractivity contribution in [3.63, 3.8) is 0 Å². The van der Waals surface area contributed by atoms with E-state index >= 15 is 0 Å². The van der Waals surface area contributed by atoms with Crippen molar-refractivity contribution in [1.29, 1.82) is 0 Å². The molecule has 0 amide bonds. The van der Waals surface area contributed by atoms with Gasteiger partial charge in [-0.1, -0.05) is 12.1 Å². The number of hydrogen-bond donors (Lipinski definition) is 1. The van der Waals surface area contributed by atoms with Gasteiger partial charge in [-0.25, -0.2) is 0 Å². The highest BCUT2D eigenvalue weighted by molar-refractivity contribution is 5.53. The van der Waals surface area contributed by atoms with Crippen LogP contribution in [0.1, 0.15) is 30.5 Å². The van der Waals surface area contributed by atoms with Crippen LogP contribution in [0.4, 0.5) is 5.69 Å². The monoisotopic (exact) mass is 285 g/mol. The Hall–Kier alpha value is -2.16. The average Bonchev–Trinajstić information content (AvgIpc) is 2.38. The fourth-order valence-corrected chi connectivity index (χ4v) is 2.19. The molecule has 0 bridgehead atoms. The Balaban J connectivity index is 2.36. The molecule has 0 saturated heterocycles. The lowest BCUT2D eigenvalue weighted by Gasteiger charge is -2.16.